The van der Waals surface area contributed by atoms with E-state index in [0.29, 0.717) is 67.5 Å². The van der Waals surface area contributed by atoms with Crippen LogP contribution >= 0.6 is 0 Å². The quantitative estimate of drug-likeness (QED) is 0.0495. The van der Waals surface area contributed by atoms with Crippen LogP contribution in [0.25, 0.3) is 0 Å². The summed E-state index contributed by atoms with van der Waals surface area (Å²) in [6.07, 6.45) is 9.87. The third-order valence-electron chi connectivity index (χ3n) is 13.2. The number of rotatable bonds is 22. The molecule has 0 aromatic heterocycles. The number of carbonyl (C=O) groups excluding carboxylic acids is 2. The van der Waals surface area contributed by atoms with Crippen molar-refractivity contribution in [2.24, 2.45) is 22.9 Å². The van der Waals surface area contributed by atoms with E-state index < -0.39 is 36.2 Å². The topological polar surface area (TPSA) is 176 Å². The Labute approximate surface area is 394 Å². The SMILES string of the molecule is C=CCOC12Oc3ccc(OC(=O)Nc4ccc(OC)cc4OC)cc3C3C(CCCCO)C(CCCCO)C=C(C(=NOC4CCCCO4)CC1N(CCC)C(=O)OCc1ccccc1)C32. The number of hydrogen-bond donors (Lipinski definition) is 3. The molecule has 0 bridgehead atoms. The Morgan fingerprint density at radius 1 is 0.970 bits per heavy atom. The van der Waals surface area contributed by atoms with Gasteiger partial charge in [0.2, 0.25) is 12.1 Å². The van der Waals surface area contributed by atoms with E-state index in [1.165, 1.54) is 7.11 Å². The fraction of sp³-hybridized carbons (Fsp3) is 0.519. The Kier molecular flexibility index (Phi) is 17.6. The zero-order chi connectivity index (χ0) is 47.2. The van der Waals surface area contributed by atoms with E-state index in [0.717, 1.165) is 55.2 Å². The van der Waals surface area contributed by atoms with Crippen LogP contribution in [0.5, 0.6) is 23.0 Å². The number of nitrogens with zero attached hydrogens (tertiary/aromatic N) is 2. The van der Waals surface area contributed by atoms with Crippen molar-refractivity contribution in [3.63, 3.8) is 0 Å². The lowest BCUT2D eigenvalue weighted by Crippen LogP contribution is -2.70. The third kappa shape index (κ3) is 11.6. The van der Waals surface area contributed by atoms with E-state index in [1.807, 2.05) is 43.3 Å². The van der Waals surface area contributed by atoms with Gasteiger partial charge < -0.3 is 48.2 Å². The van der Waals surface area contributed by atoms with E-state index in [4.69, 9.17) is 43.2 Å². The molecule has 1 saturated heterocycles. The lowest BCUT2D eigenvalue weighted by atomic mass is 9.55. The number of methoxy groups -OCH3 is 2. The molecular formula is C52H67N3O12. The minimum atomic E-state index is -1.49. The van der Waals surface area contributed by atoms with Crippen LogP contribution in [0.15, 0.2) is 96.2 Å². The Hall–Kier alpha value is -5.61. The molecule has 2 amide bonds. The van der Waals surface area contributed by atoms with Gasteiger partial charge in [-0.15, -0.1) is 6.58 Å². The molecule has 15 nitrogen and oxygen atoms in total. The Morgan fingerprint density at radius 2 is 1.76 bits per heavy atom. The summed E-state index contributed by atoms with van der Waals surface area (Å²) in [6.45, 7) is 7.24. The second kappa shape index (κ2) is 23.9. The van der Waals surface area contributed by atoms with Crippen LogP contribution in [0, 0.1) is 17.8 Å². The lowest BCUT2D eigenvalue weighted by molar-refractivity contribution is -0.255. The summed E-state index contributed by atoms with van der Waals surface area (Å²) >= 11 is 0. The number of aliphatic hydroxyl groups is 2. The molecule has 4 aliphatic rings. The lowest BCUT2D eigenvalue weighted by Gasteiger charge is -2.59. The number of nitrogens with one attached hydrogen (secondary N) is 1. The maximum Gasteiger partial charge on any atom is 0.417 e. The number of aliphatic hydroxyl groups excluding tert-OH is 2. The van der Waals surface area contributed by atoms with Gasteiger partial charge >= 0.3 is 12.2 Å². The first-order valence-electron chi connectivity index (χ1n) is 23.8. The predicted octanol–water partition coefficient (Wildman–Crippen LogP) is 9.52. The number of benzene rings is 3. The monoisotopic (exact) mass is 925 g/mol. The van der Waals surface area contributed by atoms with Gasteiger partial charge in [0.1, 0.15) is 35.6 Å². The van der Waals surface area contributed by atoms with E-state index in [1.54, 1.807) is 48.4 Å². The molecule has 2 heterocycles. The van der Waals surface area contributed by atoms with Crippen molar-refractivity contribution in [2.75, 3.05) is 52.5 Å². The molecule has 362 valence electrons. The average molecular weight is 926 g/mol. The second-order valence-electron chi connectivity index (χ2n) is 17.5. The molecule has 3 aromatic carbocycles. The van der Waals surface area contributed by atoms with E-state index in [9.17, 15) is 19.8 Å². The van der Waals surface area contributed by atoms with Gasteiger partial charge in [-0.3, -0.25) is 10.2 Å². The molecule has 15 heteroatoms. The maximum absolute atomic E-state index is 14.6. The molecule has 2 fully saturated rings. The summed E-state index contributed by atoms with van der Waals surface area (Å²) in [4.78, 5) is 36.3. The number of anilines is 1. The summed E-state index contributed by atoms with van der Waals surface area (Å²) in [6, 6.07) is 19.2. The molecule has 7 atom stereocenters. The standard InChI is InChI=1S/C52H67N3O12/c1-5-25-55(51(59)63-34-35-16-8-7-9-17-35)46-33-43(54-67-47-20-12-15-29-62-47)40-30-36(18-10-13-26-56)39(19-11-14-27-57)48-41-31-38(22-24-44(41)66-52(46,49(40)48)64-28-6-2)65-50(58)53-42-23-21-37(60-3)32-45(42)61-4/h6-9,16-17,21-24,30-32,36,39,46-49,56-57H,2,5,10-15,18-20,25-29,33-34H2,1,3-4H3,(H,53,58). The van der Waals surface area contributed by atoms with Gasteiger partial charge in [0.15, 0.2) is 0 Å². The Bertz CT molecular complexity index is 2180. The van der Waals surface area contributed by atoms with Crippen molar-refractivity contribution in [2.45, 2.75) is 108 Å². The molecule has 2 aliphatic carbocycles. The predicted molar refractivity (Wildman–Crippen MR) is 252 cm³/mol. The molecule has 0 radical (unpaired) electrons. The normalized spacial score (nSPS) is 24.5. The summed E-state index contributed by atoms with van der Waals surface area (Å²) < 4.78 is 43.4. The van der Waals surface area contributed by atoms with Crippen molar-refractivity contribution < 1.29 is 57.8 Å². The highest BCUT2D eigenvalue weighted by Crippen LogP contribution is 2.62. The first-order chi connectivity index (χ1) is 32.8. The zero-order valence-corrected chi connectivity index (χ0v) is 39.1. The fourth-order valence-electron chi connectivity index (χ4n) is 10.2. The molecule has 3 N–H and O–H groups in total. The first-order valence-corrected chi connectivity index (χ1v) is 23.8. The number of ether oxygens (including phenoxy) is 7. The third-order valence-corrected chi connectivity index (χ3v) is 13.2. The van der Waals surface area contributed by atoms with Gasteiger partial charge in [-0.2, -0.15) is 0 Å². The molecule has 2 aliphatic heterocycles. The molecule has 67 heavy (non-hydrogen) atoms. The van der Waals surface area contributed by atoms with Crippen molar-refractivity contribution in [1.29, 1.82) is 0 Å². The number of oxime groups is 1. The van der Waals surface area contributed by atoms with Gasteiger partial charge in [-0.25, -0.2) is 9.59 Å². The molecule has 1 saturated carbocycles. The van der Waals surface area contributed by atoms with Crippen LogP contribution in [0.1, 0.15) is 94.6 Å². The van der Waals surface area contributed by atoms with E-state index in [-0.39, 0.29) is 56.4 Å². The second-order valence-corrected chi connectivity index (χ2v) is 17.5. The number of allylic oxidation sites excluding steroid dienone is 1. The minimum Gasteiger partial charge on any atom is -0.497 e. The number of amides is 2. The maximum atomic E-state index is 14.6. The van der Waals surface area contributed by atoms with Crippen molar-refractivity contribution >= 4 is 23.6 Å². The van der Waals surface area contributed by atoms with Gasteiger partial charge in [-0.05, 0) is 98.2 Å². The highest BCUT2D eigenvalue weighted by molar-refractivity contribution is 6.03. The summed E-state index contributed by atoms with van der Waals surface area (Å²) in [5, 5.41) is 27.7. The number of fused-ring (bicyclic) bond motifs is 2. The van der Waals surface area contributed by atoms with Crippen molar-refractivity contribution in [1.82, 2.24) is 4.90 Å². The van der Waals surface area contributed by atoms with Crippen LogP contribution in [-0.2, 0) is 25.7 Å². The van der Waals surface area contributed by atoms with Crippen LogP contribution in [0.3, 0.4) is 0 Å². The van der Waals surface area contributed by atoms with Crippen LogP contribution in [0.4, 0.5) is 15.3 Å². The minimum absolute atomic E-state index is 0.00443. The highest BCUT2D eigenvalue weighted by atomic mass is 16.8. The van der Waals surface area contributed by atoms with Crippen LogP contribution in [-0.4, -0.2) is 98.3 Å². The molecular weight excluding hydrogens is 859 g/mol. The summed E-state index contributed by atoms with van der Waals surface area (Å²) in [5.41, 5.74) is 3.58. The molecule has 7 unspecified atom stereocenters. The Morgan fingerprint density at radius 3 is 2.48 bits per heavy atom. The van der Waals surface area contributed by atoms with Gasteiger partial charge in [0, 0.05) is 50.1 Å². The zero-order valence-electron chi connectivity index (χ0n) is 39.1. The van der Waals surface area contributed by atoms with E-state index >= 15 is 0 Å². The highest BCUT2D eigenvalue weighted by Gasteiger charge is 2.65. The smallest absolute Gasteiger partial charge is 0.417 e. The Balaban J connectivity index is 1.37. The molecule has 3 aromatic rings. The largest absolute Gasteiger partial charge is 0.497 e. The number of hydrogen-bond acceptors (Lipinski definition) is 13. The first kappa shape index (κ1) is 49.3. The van der Waals surface area contributed by atoms with Crippen molar-refractivity contribution in [3.05, 3.63) is 102 Å². The van der Waals surface area contributed by atoms with Crippen LogP contribution < -0.4 is 24.3 Å². The van der Waals surface area contributed by atoms with Gasteiger partial charge in [0.25, 0.3) is 0 Å². The summed E-state index contributed by atoms with van der Waals surface area (Å²) in [7, 11) is 3.06. The fourth-order valence-corrected chi connectivity index (χ4v) is 10.2. The summed E-state index contributed by atoms with van der Waals surface area (Å²) in [5.74, 6) is -0.698. The van der Waals surface area contributed by atoms with E-state index in [2.05, 4.69) is 18.0 Å². The molecule has 0 spiro atoms. The average Bonchev–Trinajstić information content (AvgIpc) is 3.35. The number of unbranched alkanes of at least 4 members (excludes halogenated alkanes) is 2. The number of carbonyl (C=O) groups is 2. The van der Waals surface area contributed by atoms with Crippen molar-refractivity contribution in [3.8, 4) is 23.0 Å². The van der Waals surface area contributed by atoms with Gasteiger partial charge in [-0.1, -0.05) is 67.4 Å². The van der Waals surface area contributed by atoms with Crippen LogP contribution in [0.2, 0.25) is 0 Å². The molecule has 7 rings (SSSR count). The van der Waals surface area contributed by atoms with Gasteiger partial charge in [0.05, 0.1) is 44.8 Å².